The van der Waals surface area contributed by atoms with E-state index in [1.807, 2.05) is 18.2 Å². The van der Waals surface area contributed by atoms with E-state index in [1.165, 1.54) is 12.8 Å². The van der Waals surface area contributed by atoms with Gasteiger partial charge in [-0.25, -0.2) is 0 Å². The molecule has 2 rings (SSSR count). The molecule has 0 radical (unpaired) electrons. The quantitative estimate of drug-likeness (QED) is 0.432. The Hall–Kier alpha value is -1.31. The number of amides is 1. The van der Waals surface area contributed by atoms with Gasteiger partial charge in [-0.1, -0.05) is 12.1 Å². The van der Waals surface area contributed by atoms with Gasteiger partial charge in [0.15, 0.2) is 5.96 Å². The number of hydrogen-bond acceptors (Lipinski definition) is 2. The van der Waals surface area contributed by atoms with Crippen molar-refractivity contribution < 1.29 is 4.79 Å². The number of nitrogens with zero attached hydrogens (tertiary/aromatic N) is 3. The maximum Gasteiger partial charge on any atom is 0.253 e. The van der Waals surface area contributed by atoms with E-state index in [0.29, 0.717) is 0 Å². The standard InChI is InChI=1S/C18H28N4O.HI/c1-4-19-18(22-12-5-6-13-22)20-11-10-15-8-7-9-16(14-15)17(23)21(2)3;/h7-9,14H,4-6,10-13H2,1-3H3,(H,19,20);1H. The molecule has 0 aliphatic carbocycles. The summed E-state index contributed by atoms with van der Waals surface area (Å²) < 4.78 is 0. The van der Waals surface area contributed by atoms with Crippen molar-refractivity contribution in [1.82, 2.24) is 15.1 Å². The molecule has 1 fully saturated rings. The molecular formula is C18H29IN4O. The molecule has 0 spiro atoms. The third-order valence-electron chi connectivity index (χ3n) is 3.98. The lowest BCUT2D eigenvalue weighted by Crippen LogP contribution is -2.39. The second-order valence-corrected chi connectivity index (χ2v) is 6.08. The van der Waals surface area contributed by atoms with Crippen molar-refractivity contribution >= 4 is 35.8 Å². The highest BCUT2D eigenvalue weighted by Gasteiger charge is 2.15. The Kier molecular flexibility index (Phi) is 9.10. The first-order chi connectivity index (χ1) is 11.1. The second-order valence-electron chi connectivity index (χ2n) is 6.08. The lowest BCUT2D eigenvalue weighted by Gasteiger charge is -2.20. The van der Waals surface area contributed by atoms with Crippen LogP contribution in [0.3, 0.4) is 0 Å². The van der Waals surface area contributed by atoms with Gasteiger partial charge in [-0.05, 0) is 43.9 Å². The summed E-state index contributed by atoms with van der Waals surface area (Å²) in [5.74, 6) is 1.06. The first-order valence-corrected chi connectivity index (χ1v) is 8.45. The Balaban J connectivity index is 0.00000288. The first kappa shape index (κ1) is 20.7. The zero-order valence-electron chi connectivity index (χ0n) is 14.9. The summed E-state index contributed by atoms with van der Waals surface area (Å²) in [6, 6.07) is 7.84. The Labute approximate surface area is 162 Å². The van der Waals surface area contributed by atoms with Gasteiger partial charge in [0.05, 0.1) is 0 Å². The Bertz CT molecular complexity index is 554. The number of halogens is 1. The molecule has 0 unspecified atom stereocenters. The van der Waals surface area contributed by atoms with Gasteiger partial charge >= 0.3 is 0 Å². The van der Waals surface area contributed by atoms with Gasteiger partial charge in [0.25, 0.3) is 5.91 Å². The van der Waals surface area contributed by atoms with Crippen LogP contribution in [0.15, 0.2) is 29.3 Å². The van der Waals surface area contributed by atoms with Crippen LogP contribution in [0.1, 0.15) is 35.7 Å². The smallest absolute Gasteiger partial charge is 0.253 e. The van der Waals surface area contributed by atoms with E-state index in [0.717, 1.165) is 49.7 Å². The fourth-order valence-electron chi connectivity index (χ4n) is 2.76. The van der Waals surface area contributed by atoms with Gasteiger partial charge in [-0.15, -0.1) is 24.0 Å². The molecule has 1 amide bonds. The van der Waals surface area contributed by atoms with Crippen LogP contribution >= 0.6 is 24.0 Å². The zero-order chi connectivity index (χ0) is 16.7. The number of carbonyl (C=O) groups is 1. The van der Waals surface area contributed by atoms with Gasteiger partial charge in [0, 0.05) is 45.8 Å². The fourth-order valence-corrected chi connectivity index (χ4v) is 2.76. The molecule has 1 aromatic carbocycles. The topological polar surface area (TPSA) is 47.9 Å². The van der Waals surface area contributed by atoms with E-state index >= 15 is 0 Å². The second kappa shape index (κ2) is 10.5. The molecule has 1 heterocycles. The predicted octanol–water partition coefficient (Wildman–Crippen LogP) is 2.61. The Morgan fingerprint density at radius 2 is 2.00 bits per heavy atom. The van der Waals surface area contributed by atoms with Crippen LogP contribution < -0.4 is 5.32 Å². The summed E-state index contributed by atoms with van der Waals surface area (Å²) in [6.45, 7) is 5.92. The van der Waals surface area contributed by atoms with Crippen LogP contribution in [0.2, 0.25) is 0 Å². The molecule has 24 heavy (non-hydrogen) atoms. The van der Waals surface area contributed by atoms with Crippen LogP contribution in [0, 0.1) is 0 Å². The van der Waals surface area contributed by atoms with Crippen molar-refractivity contribution in [2.45, 2.75) is 26.2 Å². The fraction of sp³-hybridized carbons (Fsp3) is 0.556. The van der Waals surface area contributed by atoms with Crippen LogP contribution in [-0.2, 0) is 6.42 Å². The van der Waals surface area contributed by atoms with Crippen LogP contribution in [0.5, 0.6) is 0 Å². The predicted molar refractivity (Wildman–Crippen MR) is 110 cm³/mol. The molecule has 5 nitrogen and oxygen atoms in total. The Morgan fingerprint density at radius 3 is 2.62 bits per heavy atom. The van der Waals surface area contributed by atoms with Crippen molar-refractivity contribution in [1.29, 1.82) is 0 Å². The van der Waals surface area contributed by atoms with E-state index in [4.69, 9.17) is 4.99 Å². The van der Waals surface area contributed by atoms with Crippen molar-refractivity contribution in [2.24, 2.45) is 4.99 Å². The third kappa shape index (κ3) is 5.96. The summed E-state index contributed by atoms with van der Waals surface area (Å²) in [5.41, 5.74) is 1.89. The molecular weight excluding hydrogens is 415 g/mol. The summed E-state index contributed by atoms with van der Waals surface area (Å²) >= 11 is 0. The summed E-state index contributed by atoms with van der Waals surface area (Å²) in [6.07, 6.45) is 3.34. The molecule has 0 saturated carbocycles. The summed E-state index contributed by atoms with van der Waals surface area (Å²) in [4.78, 5) is 20.7. The molecule has 1 N–H and O–H groups in total. The minimum Gasteiger partial charge on any atom is -0.357 e. The summed E-state index contributed by atoms with van der Waals surface area (Å²) in [7, 11) is 3.55. The zero-order valence-corrected chi connectivity index (χ0v) is 17.2. The monoisotopic (exact) mass is 444 g/mol. The van der Waals surface area contributed by atoms with Crippen molar-refractivity contribution in [2.75, 3.05) is 40.3 Å². The number of hydrogen-bond donors (Lipinski definition) is 1. The normalized spacial score (nSPS) is 14.3. The molecule has 6 heteroatoms. The molecule has 1 saturated heterocycles. The van der Waals surface area contributed by atoms with E-state index in [-0.39, 0.29) is 29.9 Å². The molecule has 0 aromatic heterocycles. The number of benzene rings is 1. The van der Waals surface area contributed by atoms with Crippen molar-refractivity contribution in [3.05, 3.63) is 35.4 Å². The van der Waals surface area contributed by atoms with Gasteiger partial charge in [-0.2, -0.15) is 0 Å². The van der Waals surface area contributed by atoms with E-state index in [2.05, 4.69) is 23.2 Å². The highest BCUT2D eigenvalue weighted by molar-refractivity contribution is 14.0. The van der Waals surface area contributed by atoms with E-state index in [1.54, 1.807) is 19.0 Å². The average Bonchev–Trinajstić information content (AvgIpc) is 3.08. The summed E-state index contributed by atoms with van der Waals surface area (Å²) in [5, 5.41) is 3.37. The van der Waals surface area contributed by atoms with Gasteiger partial charge in [0.2, 0.25) is 0 Å². The van der Waals surface area contributed by atoms with E-state index < -0.39 is 0 Å². The lowest BCUT2D eigenvalue weighted by molar-refractivity contribution is 0.0827. The number of rotatable bonds is 5. The number of nitrogens with one attached hydrogen (secondary N) is 1. The SMILES string of the molecule is CCNC(=NCCc1cccc(C(=O)N(C)C)c1)N1CCCC1.I. The highest BCUT2D eigenvalue weighted by atomic mass is 127. The maximum absolute atomic E-state index is 12.0. The van der Waals surface area contributed by atoms with Gasteiger partial charge in [-0.3, -0.25) is 9.79 Å². The molecule has 1 aliphatic rings. The molecule has 1 aliphatic heterocycles. The molecule has 0 atom stereocenters. The van der Waals surface area contributed by atoms with Gasteiger partial charge < -0.3 is 15.1 Å². The Morgan fingerprint density at radius 1 is 1.29 bits per heavy atom. The molecule has 1 aromatic rings. The molecule has 0 bridgehead atoms. The largest absolute Gasteiger partial charge is 0.357 e. The highest BCUT2D eigenvalue weighted by Crippen LogP contribution is 2.10. The van der Waals surface area contributed by atoms with Gasteiger partial charge in [0.1, 0.15) is 0 Å². The maximum atomic E-state index is 12.0. The van der Waals surface area contributed by atoms with E-state index in [9.17, 15) is 4.79 Å². The van der Waals surface area contributed by atoms with Crippen molar-refractivity contribution in [3.63, 3.8) is 0 Å². The number of likely N-dealkylation sites (tertiary alicyclic amines) is 1. The van der Waals surface area contributed by atoms with Crippen LogP contribution in [-0.4, -0.2) is 61.9 Å². The first-order valence-electron chi connectivity index (χ1n) is 8.45. The number of guanidine groups is 1. The van der Waals surface area contributed by atoms with Crippen LogP contribution in [0.25, 0.3) is 0 Å². The number of aliphatic imine (C=N–C) groups is 1. The van der Waals surface area contributed by atoms with Crippen molar-refractivity contribution in [3.8, 4) is 0 Å². The number of carbonyl (C=O) groups excluding carboxylic acids is 1. The average molecular weight is 444 g/mol. The third-order valence-corrected chi connectivity index (χ3v) is 3.98. The minimum atomic E-state index is 0. The minimum absolute atomic E-state index is 0. The van der Waals surface area contributed by atoms with Crippen LogP contribution in [0.4, 0.5) is 0 Å². The lowest BCUT2D eigenvalue weighted by atomic mass is 10.1. The molecule has 134 valence electrons.